The molecule has 0 aliphatic carbocycles. The van der Waals surface area contributed by atoms with Crippen LogP contribution in [0.5, 0.6) is 5.75 Å². The Morgan fingerprint density at radius 2 is 2.20 bits per heavy atom. The van der Waals surface area contributed by atoms with E-state index in [2.05, 4.69) is 20.9 Å². The summed E-state index contributed by atoms with van der Waals surface area (Å²) in [5, 5.41) is 9.65. The number of aromatic amines is 1. The summed E-state index contributed by atoms with van der Waals surface area (Å²) in [7, 11) is 1.56. The van der Waals surface area contributed by atoms with E-state index in [0.29, 0.717) is 5.75 Å². The van der Waals surface area contributed by atoms with Crippen LogP contribution in [0.3, 0.4) is 0 Å². The fraction of sp³-hybridized carbons (Fsp3) is 0.100. The molecule has 2 aromatic rings. The van der Waals surface area contributed by atoms with E-state index in [1.807, 2.05) is 0 Å². The highest BCUT2D eigenvalue weighted by atomic mass is 79.9. The van der Waals surface area contributed by atoms with Crippen LogP contribution in [0, 0.1) is 0 Å². The second-order valence-electron chi connectivity index (χ2n) is 3.06. The standard InChI is InChI=1S/C10H8BrNO3/c1-15-5-2-7(11)6-4-9(10(13)14)12-8(6)3-5/h2-4,12H,1H3,(H,13,14). The number of methoxy groups -OCH3 is 1. The van der Waals surface area contributed by atoms with Crippen molar-refractivity contribution in [2.24, 2.45) is 0 Å². The largest absolute Gasteiger partial charge is 0.497 e. The number of rotatable bonds is 2. The second kappa shape index (κ2) is 3.58. The highest BCUT2D eigenvalue weighted by molar-refractivity contribution is 9.10. The maximum atomic E-state index is 10.8. The Hall–Kier alpha value is -1.49. The summed E-state index contributed by atoms with van der Waals surface area (Å²) in [6.07, 6.45) is 0. The molecule has 0 fully saturated rings. The van der Waals surface area contributed by atoms with Gasteiger partial charge in [0.2, 0.25) is 0 Å². The molecule has 4 nitrogen and oxygen atoms in total. The van der Waals surface area contributed by atoms with E-state index in [-0.39, 0.29) is 5.69 Å². The zero-order chi connectivity index (χ0) is 11.0. The molecule has 0 aliphatic heterocycles. The van der Waals surface area contributed by atoms with E-state index >= 15 is 0 Å². The molecule has 78 valence electrons. The van der Waals surface area contributed by atoms with Gasteiger partial charge in [-0.3, -0.25) is 0 Å². The van der Waals surface area contributed by atoms with Gasteiger partial charge in [-0.25, -0.2) is 4.79 Å². The third-order valence-corrected chi connectivity index (χ3v) is 2.78. The van der Waals surface area contributed by atoms with Gasteiger partial charge in [0.1, 0.15) is 11.4 Å². The van der Waals surface area contributed by atoms with Crippen LogP contribution >= 0.6 is 15.9 Å². The van der Waals surface area contributed by atoms with Gasteiger partial charge in [-0.05, 0) is 28.1 Å². The fourth-order valence-corrected chi connectivity index (χ4v) is 1.96. The Labute approximate surface area is 94.0 Å². The minimum Gasteiger partial charge on any atom is -0.497 e. The summed E-state index contributed by atoms with van der Waals surface area (Å²) in [4.78, 5) is 13.6. The minimum atomic E-state index is -0.975. The molecule has 0 radical (unpaired) electrons. The summed E-state index contributed by atoms with van der Waals surface area (Å²) in [5.41, 5.74) is 0.901. The first-order valence-corrected chi connectivity index (χ1v) is 5.00. The summed E-state index contributed by atoms with van der Waals surface area (Å²) in [5.74, 6) is -0.301. The molecule has 0 saturated carbocycles. The van der Waals surface area contributed by atoms with Crippen LogP contribution in [0.4, 0.5) is 0 Å². The van der Waals surface area contributed by atoms with Crippen molar-refractivity contribution in [2.45, 2.75) is 0 Å². The Balaban J connectivity index is 2.69. The summed E-state index contributed by atoms with van der Waals surface area (Å²) >= 11 is 3.36. The number of aromatic carboxylic acids is 1. The molecular weight excluding hydrogens is 262 g/mol. The molecule has 1 heterocycles. The summed E-state index contributed by atoms with van der Waals surface area (Å²) in [6.45, 7) is 0. The van der Waals surface area contributed by atoms with Gasteiger partial charge < -0.3 is 14.8 Å². The quantitative estimate of drug-likeness (QED) is 0.881. The normalized spacial score (nSPS) is 10.5. The van der Waals surface area contributed by atoms with E-state index in [9.17, 15) is 4.79 Å². The smallest absolute Gasteiger partial charge is 0.352 e. The third kappa shape index (κ3) is 1.70. The number of hydrogen-bond acceptors (Lipinski definition) is 2. The number of carboxylic acid groups (broad SMARTS) is 1. The van der Waals surface area contributed by atoms with Crippen LogP contribution in [0.2, 0.25) is 0 Å². The van der Waals surface area contributed by atoms with E-state index in [1.165, 1.54) is 0 Å². The first-order valence-electron chi connectivity index (χ1n) is 4.21. The topological polar surface area (TPSA) is 62.3 Å². The molecule has 0 saturated heterocycles. The average Bonchev–Trinajstić information content (AvgIpc) is 2.61. The Bertz CT molecular complexity index is 533. The lowest BCUT2D eigenvalue weighted by molar-refractivity contribution is 0.0691. The van der Waals surface area contributed by atoms with Crippen LogP contribution in [0.15, 0.2) is 22.7 Å². The van der Waals surface area contributed by atoms with Crippen LogP contribution in [-0.2, 0) is 0 Å². The molecule has 0 unspecified atom stereocenters. The molecule has 1 aromatic carbocycles. The number of hydrogen-bond donors (Lipinski definition) is 2. The van der Waals surface area contributed by atoms with Gasteiger partial charge in [0.05, 0.1) is 12.6 Å². The summed E-state index contributed by atoms with van der Waals surface area (Å²) < 4.78 is 5.88. The number of carboxylic acids is 1. The number of benzene rings is 1. The van der Waals surface area contributed by atoms with E-state index < -0.39 is 5.97 Å². The number of fused-ring (bicyclic) bond motifs is 1. The molecular formula is C10H8BrNO3. The molecule has 0 aliphatic rings. The minimum absolute atomic E-state index is 0.166. The lowest BCUT2D eigenvalue weighted by atomic mass is 10.2. The molecule has 1 aromatic heterocycles. The van der Waals surface area contributed by atoms with Crippen molar-refractivity contribution in [2.75, 3.05) is 7.11 Å². The lowest BCUT2D eigenvalue weighted by Crippen LogP contribution is -1.94. The Kier molecular flexibility index (Phi) is 2.40. The van der Waals surface area contributed by atoms with Crippen LogP contribution in [-0.4, -0.2) is 23.2 Å². The van der Waals surface area contributed by atoms with Crippen molar-refractivity contribution in [1.82, 2.24) is 4.98 Å². The number of ether oxygens (including phenoxy) is 1. The summed E-state index contributed by atoms with van der Waals surface area (Å²) in [6, 6.07) is 5.13. The predicted molar refractivity (Wildman–Crippen MR) is 59.5 cm³/mol. The first-order chi connectivity index (χ1) is 7.11. The van der Waals surface area contributed by atoms with Gasteiger partial charge in [0.25, 0.3) is 0 Å². The number of nitrogens with one attached hydrogen (secondary N) is 1. The molecule has 15 heavy (non-hydrogen) atoms. The van der Waals surface area contributed by atoms with Gasteiger partial charge in [-0.15, -0.1) is 0 Å². The van der Waals surface area contributed by atoms with E-state index in [0.717, 1.165) is 15.4 Å². The number of halogens is 1. The predicted octanol–water partition coefficient (Wildman–Crippen LogP) is 2.64. The molecule has 0 amide bonds. The third-order valence-electron chi connectivity index (χ3n) is 2.13. The maximum absolute atomic E-state index is 10.8. The number of H-pyrrole nitrogens is 1. The van der Waals surface area contributed by atoms with Crippen LogP contribution in [0.1, 0.15) is 10.5 Å². The average molecular weight is 270 g/mol. The van der Waals surface area contributed by atoms with Gasteiger partial charge in [0, 0.05) is 15.9 Å². The lowest BCUT2D eigenvalue weighted by Gasteiger charge is -2.00. The van der Waals surface area contributed by atoms with Gasteiger partial charge in [0.15, 0.2) is 0 Å². The van der Waals surface area contributed by atoms with E-state index in [1.54, 1.807) is 25.3 Å². The molecule has 0 atom stereocenters. The zero-order valence-electron chi connectivity index (χ0n) is 7.87. The van der Waals surface area contributed by atoms with Crippen LogP contribution in [0.25, 0.3) is 10.9 Å². The molecule has 0 spiro atoms. The van der Waals surface area contributed by atoms with Crippen molar-refractivity contribution >= 4 is 32.8 Å². The maximum Gasteiger partial charge on any atom is 0.352 e. The van der Waals surface area contributed by atoms with Gasteiger partial charge >= 0.3 is 5.97 Å². The van der Waals surface area contributed by atoms with Crippen LogP contribution < -0.4 is 4.74 Å². The highest BCUT2D eigenvalue weighted by Crippen LogP contribution is 2.29. The monoisotopic (exact) mass is 269 g/mol. The van der Waals surface area contributed by atoms with Crippen molar-refractivity contribution in [1.29, 1.82) is 0 Å². The van der Waals surface area contributed by atoms with Crippen molar-refractivity contribution in [3.05, 3.63) is 28.4 Å². The molecule has 2 rings (SSSR count). The second-order valence-corrected chi connectivity index (χ2v) is 3.91. The molecule has 5 heteroatoms. The number of aromatic nitrogens is 1. The van der Waals surface area contributed by atoms with Crippen molar-refractivity contribution in [3.8, 4) is 5.75 Å². The van der Waals surface area contributed by atoms with Gasteiger partial charge in [-0.1, -0.05) is 0 Å². The van der Waals surface area contributed by atoms with Crippen molar-refractivity contribution in [3.63, 3.8) is 0 Å². The number of carbonyl (C=O) groups is 1. The van der Waals surface area contributed by atoms with E-state index in [4.69, 9.17) is 9.84 Å². The van der Waals surface area contributed by atoms with Crippen molar-refractivity contribution < 1.29 is 14.6 Å². The zero-order valence-corrected chi connectivity index (χ0v) is 9.46. The Morgan fingerprint density at radius 3 is 2.80 bits per heavy atom. The van der Waals surface area contributed by atoms with Gasteiger partial charge in [-0.2, -0.15) is 0 Å². The highest BCUT2D eigenvalue weighted by Gasteiger charge is 2.10. The fourth-order valence-electron chi connectivity index (χ4n) is 1.40. The molecule has 2 N–H and O–H groups in total. The first kappa shape index (κ1) is 10.0. The Morgan fingerprint density at radius 1 is 1.47 bits per heavy atom. The molecule has 0 bridgehead atoms. The SMILES string of the molecule is COc1cc(Br)c2cc(C(=O)O)[nH]c2c1.